The van der Waals surface area contributed by atoms with Crippen LogP contribution in [0.2, 0.25) is 0 Å². The van der Waals surface area contributed by atoms with E-state index >= 15 is 0 Å². The monoisotopic (exact) mass is 211 g/mol. The van der Waals surface area contributed by atoms with Crippen molar-refractivity contribution in [1.82, 2.24) is 9.97 Å². The third-order valence-corrected chi connectivity index (χ3v) is 1.89. The Morgan fingerprint density at radius 1 is 1.53 bits per heavy atom. The maximum atomic E-state index is 10.6. The Balaban J connectivity index is 3.18. The highest BCUT2D eigenvalue weighted by Crippen LogP contribution is 2.21. The summed E-state index contributed by atoms with van der Waals surface area (Å²) in [5, 5.41) is 8.67. The number of rotatable bonds is 4. The van der Waals surface area contributed by atoms with Crippen LogP contribution in [0.3, 0.4) is 0 Å². The van der Waals surface area contributed by atoms with Crippen LogP contribution in [0.15, 0.2) is 0 Å². The number of carboxylic acid groups (broad SMARTS) is 1. The summed E-state index contributed by atoms with van der Waals surface area (Å²) in [7, 11) is 1.42. The maximum Gasteiger partial charge on any atom is 0.308 e. The Bertz CT molecular complexity index is 379. The fraction of sp³-hybridized carbons (Fsp3) is 0.444. The Morgan fingerprint density at radius 2 is 2.20 bits per heavy atom. The van der Waals surface area contributed by atoms with Gasteiger partial charge in [0.05, 0.1) is 19.1 Å². The van der Waals surface area contributed by atoms with Gasteiger partial charge < -0.3 is 15.6 Å². The average molecular weight is 211 g/mol. The van der Waals surface area contributed by atoms with Crippen LogP contribution in [-0.2, 0) is 17.6 Å². The first-order chi connectivity index (χ1) is 7.08. The first kappa shape index (κ1) is 11.2. The Morgan fingerprint density at radius 3 is 2.67 bits per heavy atom. The lowest BCUT2D eigenvalue weighted by molar-refractivity contribution is -0.136. The van der Waals surface area contributed by atoms with Gasteiger partial charge in [-0.15, -0.1) is 0 Å². The molecule has 0 bridgehead atoms. The highest BCUT2D eigenvalue weighted by atomic mass is 16.5. The highest BCUT2D eigenvalue weighted by molar-refractivity contribution is 5.73. The molecule has 0 fully saturated rings. The van der Waals surface area contributed by atoms with E-state index in [4.69, 9.17) is 15.6 Å². The van der Waals surface area contributed by atoms with Crippen LogP contribution in [-0.4, -0.2) is 28.2 Å². The molecule has 3 N–H and O–H groups in total. The predicted molar refractivity (Wildman–Crippen MR) is 53.7 cm³/mol. The SMILES string of the molecule is CCc1nc(N)c(CC(=O)O)c(OC)n1. The Kier molecular flexibility index (Phi) is 3.43. The fourth-order valence-electron chi connectivity index (χ4n) is 1.17. The molecule has 15 heavy (non-hydrogen) atoms. The highest BCUT2D eigenvalue weighted by Gasteiger charge is 2.15. The number of nitrogens with two attached hydrogens (primary N) is 1. The zero-order chi connectivity index (χ0) is 11.4. The van der Waals surface area contributed by atoms with Crippen molar-refractivity contribution in [3.05, 3.63) is 11.4 Å². The molecule has 82 valence electrons. The summed E-state index contributed by atoms with van der Waals surface area (Å²) in [6.45, 7) is 1.88. The van der Waals surface area contributed by atoms with Crippen molar-refractivity contribution in [3.8, 4) is 5.88 Å². The second kappa shape index (κ2) is 4.59. The number of aliphatic carboxylic acids is 1. The van der Waals surface area contributed by atoms with Crippen molar-refractivity contribution in [3.63, 3.8) is 0 Å². The molecule has 0 amide bonds. The van der Waals surface area contributed by atoms with Gasteiger partial charge in [-0.25, -0.2) is 4.98 Å². The van der Waals surface area contributed by atoms with Gasteiger partial charge in [0.2, 0.25) is 5.88 Å². The average Bonchev–Trinajstić information content (AvgIpc) is 2.20. The Hall–Kier alpha value is -1.85. The van der Waals surface area contributed by atoms with Crippen LogP contribution in [0.4, 0.5) is 5.82 Å². The second-order valence-corrected chi connectivity index (χ2v) is 2.94. The summed E-state index contributed by atoms with van der Waals surface area (Å²) < 4.78 is 4.98. The molecule has 0 saturated heterocycles. The van der Waals surface area contributed by atoms with E-state index in [0.29, 0.717) is 17.8 Å². The predicted octanol–water partition coefficient (Wildman–Crippen LogP) is 0.257. The van der Waals surface area contributed by atoms with E-state index in [1.807, 2.05) is 6.92 Å². The number of carboxylic acids is 1. The Labute approximate surface area is 87.1 Å². The lowest BCUT2D eigenvalue weighted by Crippen LogP contribution is -2.10. The second-order valence-electron chi connectivity index (χ2n) is 2.94. The fourth-order valence-corrected chi connectivity index (χ4v) is 1.17. The molecule has 0 radical (unpaired) electrons. The molecule has 0 aliphatic heterocycles. The maximum absolute atomic E-state index is 10.6. The normalized spacial score (nSPS) is 10.0. The number of ether oxygens (including phenoxy) is 1. The van der Waals surface area contributed by atoms with E-state index in [9.17, 15) is 4.79 Å². The van der Waals surface area contributed by atoms with Gasteiger partial charge in [0.1, 0.15) is 11.6 Å². The molecule has 0 spiro atoms. The van der Waals surface area contributed by atoms with Crippen molar-refractivity contribution in [1.29, 1.82) is 0 Å². The molecule has 1 rings (SSSR count). The van der Waals surface area contributed by atoms with Crippen molar-refractivity contribution < 1.29 is 14.6 Å². The number of nitrogens with zero attached hydrogens (tertiary/aromatic N) is 2. The van der Waals surface area contributed by atoms with E-state index in [1.165, 1.54) is 7.11 Å². The summed E-state index contributed by atoms with van der Waals surface area (Å²) in [5.74, 6) is -0.0470. The molecule has 1 heterocycles. The van der Waals surface area contributed by atoms with Crippen LogP contribution in [0.25, 0.3) is 0 Å². The van der Waals surface area contributed by atoms with Gasteiger partial charge >= 0.3 is 5.97 Å². The van der Waals surface area contributed by atoms with Crippen LogP contribution in [0, 0.1) is 0 Å². The van der Waals surface area contributed by atoms with E-state index in [1.54, 1.807) is 0 Å². The molecule has 6 heteroatoms. The molecule has 0 aliphatic carbocycles. The van der Waals surface area contributed by atoms with E-state index in [0.717, 1.165) is 0 Å². The van der Waals surface area contributed by atoms with Gasteiger partial charge in [-0.2, -0.15) is 4.98 Å². The third-order valence-electron chi connectivity index (χ3n) is 1.89. The van der Waals surface area contributed by atoms with Gasteiger partial charge in [-0.1, -0.05) is 6.92 Å². The molecular formula is C9H13N3O3. The molecule has 6 nitrogen and oxygen atoms in total. The number of hydrogen-bond donors (Lipinski definition) is 2. The van der Waals surface area contributed by atoms with Gasteiger partial charge in [-0.05, 0) is 0 Å². The smallest absolute Gasteiger partial charge is 0.308 e. The molecule has 1 aromatic rings. The standard InChI is InChI=1S/C9H13N3O3/c1-3-6-11-8(10)5(4-7(13)14)9(12-6)15-2/h3-4H2,1-2H3,(H,13,14)(H2,10,11,12). The van der Waals surface area contributed by atoms with E-state index < -0.39 is 5.97 Å². The van der Waals surface area contributed by atoms with Gasteiger partial charge in [0.25, 0.3) is 0 Å². The summed E-state index contributed by atoms with van der Waals surface area (Å²) in [5.41, 5.74) is 5.95. The van der Waals surface area contributed by atoms with Crippen molar-refractivity contribution in [2.45, 2.75) is 19.8 Å². The summed E-state index contributed by atoms with van der Waals surface area (Å²) in [4.78, 5) is 18.6. The van der Waals surface area contributed by atoms with Gasteiger partial charge in [0, 0.05) is 6.42 Å². The first-order valence-electron chi connectivity index (χ1n) is 4.49. The molecule has 0 aliphatic rings. The number of methoxy groups -OCH3 is 1. The zero-order valence-electron chi connectivity index (χ0n) is 8.65. The van der Waals surface area contributed by atoms with Crippen LogP contribution < -0.4 is 10.5 Å². The van der Waals surface area contributed by atoms with E-state index in [2.05, 4.69) is 9.97 Å². The minimum Gasteiger partial charge on any atom is -0.481 e. The molecule has 0 saturated carbocycles. The minimum absolute atomic E-state index is 0.168. The van der Waals surface area contributed by atoms with Crippen molar-refractivity contribution in [2.24, 2.45) is 0 Å². The number of aryl methyl sites for hydroxylation is 1. The zero-order valence-corrected chi connectivity index (χ0v) is 8.65. The van der Waals surface area contributed by atoms with Gasteiger partial charge in [-0.3, -0.25) is 4.79 Å². The number of anilines is 1. The third kappa shape index (κ3) is 2.55. The molecule has 0 unspecified atom stereocenters. The topological polar surface area (TPSA) is 98.3 Å². The largest absolute Gasteiger partial charge is 0.481 e. The van der Waals surface area contributed by atoms with Crippen LogP contribution >= 0.6 is 0 Å². The van der Waals surface area contributed by atoms with Gasteiger partial charge in [0.15, 0.2) is 0 Å². The van der Waals surface area contributed by atoms with Crippen LogP contribution in [0.5, 0.6) is 5.88 Å². The number of aromatic nitrogens is 2. The van der Waals surface area contributed by atoms with Crippen molar-refractivity contribution in [2.75, 3.05) is 12.8 Å². The van der Waals surface area contributed by atoms with Crippen LogP contribution in [0.1, 0.15) is 18.3 Å². The summed E-state index contributed by atoms with van der Waals surface area (Å²) in [6, 6.07) is 0. The lowest BCUT2D eigenvalue weighted by Gasteiger charge is -2.09. The molecular weight excluding hydrogens is 198 g/mol. The van der Waals surface area contributed by atoms with Crippen molar-refractivity contribution >= 4 is 11.8 Å². The summed E-state index contributed by atoms with van der Waals surface area (Å²) in [6.07, 6.45) is 0.382. The number of nitrogen functional groups attached to an aromatic ring is 1. The van der Waals surface area contributed by atoms with E-state index in [-0.39, 0.29) is 18.1 Å². The number of carbonyl (C=O) groups is 1. The molecule has 0 atom stereocenters. The number of hydrogen-bond acceptors (Lipinski definition) is 5. The summed E-state index contributed by atoms with van der Waals surface area (Å²) >= 11 is 0. The molecule has 0 aromatic carbocycles. The lowest BCUT2D eigenvalue weighted by atomic mass is 10.2. The quantitative estimate of drug-likeness (QED) is 0.741. The minimum atomic E-state index is -0.993. The first-order valence-corrected chi connectivity index (χ1v) is 4.49. The molecule has 1 aromatic heterocycles.